The fourth-order valence-corrected chi connectivity index (χ4v) is 2.84. The Labute approximate surface area is 118 Å². The zero-order valence-electron chi connectivity index (χ0n) is 10.4. The van der Waals surface area contributed by atoms with Crippen LogP contribution >= 0.6 is 23.7 Å². The van der Waals surface area contributed by atoms with Crippen LogP contribution in [0.15, 0.2) is 16.8 Å². The molecule has 1 aliphatic heterocycles. The summed E-state index contributed by atoms with van der Waals surface area (Å²) in [5.41, 5.74) is 1.05. The van der Waals surface area contributed by atoms with Crippen molar-refractivity contribution in [3.8, 4) is 0 Å². The van der Waals surface area contributed by atoms with E-state index in [4.69, 9.17) is 4.74 Å². The maximum atomic E-state index is 11.9. The molecule has 1 saturated heterocycles. The first kappa shape index (κ1) is 15.4. The van der Waals surface area contributed by atoms with Crippen LogP contribution in [0.25, 0.3) is 0 Å². The molecule has 0 amide bonds. The second-order valence-electron chi connectivity index (χ2n) is 4.12. The van der Waals surface area contributed by atoms with Crippen molar-refractivity contribution in [1.29, 1.82) is 0 Å². The monoisotopic (exact) mass is 290 g/mol. The molecule has 1 aromatic heterocycles. The molecule has 6 heteroatoms. The van der Waals surface area contributed by atoms with Gasteiger partial charge in [-0.15, -0.1) is 12.4 Å². The van der Waals surface area contributed by atoms with Crippen LogP contribution in [0.3, 0.4) is 0 Å². The summed E-state index contributed by atoms with van der Waals surface area (Å²) in [5, 5.41) is 7.37. The lowest BCUT2D eigenvalue weighted by Gasteiger charge is -2.27. The zero-order valence-corrected chi connectivity index (χ0v) is 12.1. The van der Waals surface area contributed by atoms with Crippen LogP contribution in [0.2, 0.25) is 0 Å². The summed E-state index contributed by atoms with van der Waals surface area (Å²) in [6.45, 7) is 3.77. The molecule has 102 valence electrons. The Balaban J connectivity index is 0.00000162. The molecule has 0 saturated carbocycles. The Bertz CT molecular complexity index is 351. The summed E-state index contributed by atoms with van der Waals surface area (Å²) in [4.78, 5) is 14.1. The molecule has 0 spiro atoms. The summed E-state index contributed by atoms with van der Waals surface area (Å²) in [7, 11) is 1.46. The molecule has 1 aromatic rings. The minimum absolute atomic E-state index is 0. The van der Waals surface area contributed by atoms with E-state index in [9.17, 15) is 4.79 Å². The van der Waals surface area contributed by atoms with E-state index in [0.29, 0.717) is 0 Å². The number of ether oxygens (including phenoxy) is 1. The minimum atomic E-state index is -0.244. The molecule has 2 rings (SSSR count). The van der Waals surface area contributed by atoms with Crippen molar-refractivity contribution in [2.75, 3.05) is 33.3 Å². The van der Waals surface area contributed by atoms with Crippen molar-refractivity contribution >= 4 is 29.7 Å². The smallest absolute Gasteiger partial charge is 0.327 e. The van der Waals surface area contributed by atoms with Gasteiger partial charge < -0.3 is 10.1 Å². The molecule has 1 N–H and O–H groups in total. The van der Waals surface area contributed by atoms with Gasteiger partial charge >= 0.3 is 5.97 Å². The predicted molar refractivity (Wildman–Crippen MR) is 75.4 cm³/mol. The SMILES string of the molecule is COC(=O)C(c1ccsc1)N1CCCNCC1.Cl. The number of hydrogen-bond acceptors (Lipinski definition) is 5. The van der Waals surface area contributed by atoms with E-state index < -0.39 is 0 Å². The molecular weight excluding hydrogens is 272 g/mol. The Morgan fingerprint density at radius 1 is 1.50 bits per heavy atom. The Morgan fingerprint density at radius 3 is 3.00 bits per heavy atom. The van der Waals surface area contributed by atoms with Crippen LogP contribution in [0.4, 0.5) is 0 Å². The zero-order chi connectivity index (χ0) is 12.1. The van der Waals surface area contributed by atoms with Crippen LogP contribution in [-0.2, 0) is 9.53 Å². The van der Waals surface area contributed by atoms with Gasteiger partial charge in [0.1, 0.15) is 6.04 Å². The van der Waals surface area contributed by atoms with E-state index in [1.54, 1.807) is 11.3 Å². The summed E-state index contributed by atoms with van der Waals surface area (Å²) in [6, 6.07) is 1.76. The van der Waals surface area contributed by atoms with E-state index in [-0.39, 0.29) is 24.4 Å². The van der Waals surface area contributed by atoms with Gasteiger partial charge in [0, 0.05) is 19.6 Å². The predicted octanol–water partition coefficient (Wildman–Crippen LogP) is 1.68. The maximum absolute atomic E-state index is 11.9. The van der Waals surface area contributed by atoms with Gasteiger partial charge in [0.25, 0.3) is 0 Å². The Hall–Kier alpha value is -0.620. The second-order valence-corrected chi connectivity index (χ2v) is 4.90. The van der Waals surface area contributed by atoms with Gasteiger partial charge in [-0.3, -0.25) is 4.90 Å². The fraction of sp³-hybridized carbons (Fsp3) is 0.583. The molecule has 0 aromatic carbocycles. The van der Waals surface area contributed by atoms with Gasteiger partial charge in [-0.25, -0.2) is 4.79 Å². The van der Waals surface area contributed by atoms with Crippen molar-refractivity contribution in [3.05, 3.63) is 22.4 Å². The van der Waals surface area contributed by atoms with Crippen molar-refractivity contribution in [2.45, 2.75) is 12.5 Å². The van der Waals surface area contributed by atoms with Gasteiger partial charge in [0.05, 0.1) is 7.11 Å². The summed E-state index contributed by atoms with van der Waals surface area (Å²) in [5.74, 6) is -0.162. The highest BCUT2D eigenvalue weighted by Crippen LogP contribution is 2.24. The van der Waals surface area contributed by atoms with Gasteiger partial charge in [-0.1, -0.05) is 0 Å². The Morgan fingerprint density at radius 2 is 2.33 bits per heavy atom. The number of rotatable bonds is 3. The molecule has 1 aliphatic rings. The third-order valence-electron chi connectivity index (χ3n) is 3.02. The number of hydrogen-bond donors (Lipinski definition) is 1. The van der Waals surface area contributed by atoms with E-state index in [1.807, 2.05) is 16.8 Å². The van der Waals surface area contributed by atoms with Crippen molar-refractivity contribution < 1.29 is 9.53 Å². The third-order valence-corrected chi connectivity index (χ3v) is 3.72. The van der Waals surface area contributed by atoms with E-state index >= 15 is 0 Å². The molecule has 0 radical (unpaired) electrons. The van der Waals surface area contributed by atoms with E-state index in [2.05, 4.69) is 10.2 Å². The van der Waals surface area contributed by atoms with Crippen LogP contribution in [0.1, 0.15) is 18.0 Å². The van der Waals surface area contributed by atoms with E-state index in [0.717, 1.165) is 38.2 Å². The molecule has 2 heterocycles. The quantitative estimate of drug-likeness (QED) is 0.860. The topological polar surface area (TPSA) is 41.6 Å². The Kier molecular flexibility index (Phi) is 6.63. The molecule has 0 bridgehead atoms. The fourth-order valence-electron chi connectivity index (χ4n) is 2.16. The van der Waals surface area contributed by atoms with Gasteiger partial charge in [0.2, 0.25) is 0 Å². The first-order chi connectivity index (χ1) is 8.33. The highest BCUT2D eigenvalue weighted by atomic mass is 35.5. The average molecular weight is 291 g/mol. The largest absolute Gasteiger partial charge is 0.468 e. The number of esters is 1. The number of nitrogens with one attached hydrogen (secondary N) is 1. The number of thiophene rings is 1. The summed E-state index contributed by atoms with van der Waals surface area (Å²) in [6.07, 6.45) is 1.07. The number of nitrogens with zero attached hydrogens (tertiary/aromatic N) is 1. The van der Waals surface area contributed by atoms with Crippen molar-refractivity contribution in [1.82, 2.24) is 10.2 Å². The highest BCUT2D eigenvalue weighted by Gasteiger charge is 2.29. The van der Waals surface area contributed by atoms with Crippen molar-refractivity contribution in [3.63, 3.8) is 0 Å². The molecule has 1 atom stereocenters. The van der Waals surface area contributed by atoms with Gasteiger partial charge in [0.15, 0.2) is 0 Å². The third kappa shape index (κ3) is 3.68. The van der Waals surface area contributed by atoms with Gasteiger partial charge in [-0.05, 0) is 35.4 Å². The van der Waals surface area contributed by atoms with Crippen LogP contribution in [0, 0.1) is 0 Å². The first-order valence-corrected chi connectivity index (χ1v) is 6.82. The summed E-state index contributed by atoms with van der Waals surface area (Å²) >= 11 is 1.61. The summed E-state index contributed by atoms with van der Waals surface area (Å²) < 4.78 is 4.93. The number of carbonyl (C=O) groups excluding carboxylic acids is 1. The van der Waals surface area contributed by atoms with Crippen LogP contribution in [0.5, 0.6) is 0 Å². The maximum Gasteiger partial charge on any atom is 0.327 e. The standard InChI is InChI=1S/C12H18N2O2S.ClH/c1-16-12(15)11(10-3-8-17-9-10)14-6-2-4-13-5-7-14;/h3,8-9,11,13H,2,4-7H2,1H3;1H. The van der Waals surface area contributed by atoms with Crippen molar-refractivity contribution in [2.24, 2.45) is 0 Å². The highest BCUT2D eigenvalue weighted by molar-refractivity contribution is 7.08. The van der Waals surface area contributed by atoms with E-state index in [1.165, 1.54) is 7.11 Å². The lowest BCUT2D eigenvalue weighted by atomic mass is 10.1. The molecule has 4 nitrogen and oxygen atoms in total. The second kappa shape index (κ2) is 7.74. The lowest BCUT2D eigenvalue weighted by molar-refractivity contribution is -0.147. The van der Waals surface area contributed by atoms with Gasteiger partial charge in [-0.2, -0.15) is 11.3 Å². The van der Waals surface area contributed by atoms with Crippen LogP contribution < -0.4 is 5.32 Å². The molecule has 0 aliphatic carbocycles. The normalized spacial score (nSPS) is 18.5. The lowest BCUT2D eigenvalue weighted by Crippen LogP contribution is -2.37. The molecule has 18 heavy (non-hydrogen) atoms. The molecular formula is C12H19ClN2O2S. The minimum Gasteiger partial charge on any atom is -0.468 e. The number of methoxy groups -OCH3 is 1. The number of carbonyl (C=O) groups is 1. The average Bonchev–Trinajstić information content (AvgIpc) is 2.73. The molecule has 1 fully saturated rings. The first-order valence-electron chi connectivity index (χ1n) is 5.87. The number of halogens is 1. The van der Waals surface area contributed by atoms with Crippen LogP contribution in [-0.4, -0.2) is 44.2 Å². The molecule has 1 unspecified atom stereocenters.